The average molecular weight is 440 g/mol. The summed E-state index contributed by atoms with van der Waals surface area (Å²) in [5, 5.41) is 0.857. The first-order valence-electron chi connectivity index (χ1n) is 10.1. The van der Waals surface area contributed by atoms with E-state index in [0.717, 1.165) is 16.5 Å². The van der Waals surface area contributed by atoms with Gasteiger partial charge in [0.15, 0.2) is 0 Å². The van der Waals surface area contributed by atoms with Crippen molar-refractivity contribution in [1.82, 2.24) is 14.2 Å². The van der Waals surface area contributed by atoms with Gasteiger partial charge < -0.3 is 9.64 Å². The summed E-state index contributed by atoms with van der Waals surface area (Å²) in [7, 11) is -1.96. The summed E-state index contributed by atoms with van der Waals surface area (Å²) < 4.78 is 32.5. The van der Waals surface area contributed by atoms with Crippen molar-refractivity contribution in [3.8, 4) is 5.75 Å². The van der Waals surface area contributed by atoms with Crippen molar-refractivity contribution in [2.75, 3.05) is 33.3 Å². The number of aromatic nitrogens is 1. The first-order valence-corrected chi connectivity index (χ1v) is 11.5. The van der Waals surface area contributed by atoms with E-state index in [4.69, 9.17) is 4.74 Å². The van der Waals surface area contributed by atoms with Gasteiger partial charge in [-0.2, -0.15) is 4.31 Å². The summed E-state index contributed by atoms with van der Waals surface area (Å²) >= 11 is 0. The van der Waals surface area contributed by atoms with E-state index in [1.807, 2.05) is 38.1 Å². The molecular formula is C23H25N3O4S. The van der Waals surface area contributed by atoms with Gasteiger partial charge in [-0.15, -0.1) is 0 Å². The first-order chi connectivity index (χ1) is 14.8. The van der Waals surface area contributed by atoms with E-state index in [0.29, 0.717) is 30.1 Å². The van der Waals surface area contributed by atoms with E-state index in [1.54, 1.807) is 36.3 Å². The molecule has 7 nitrogen and oxygen atoms in total. The topological polar surface area (TPSA) is 79.8 Å². The van der Waals surface area contributed by atoms with Crippen LogP contribution < -0.4 is 4.74 Å². The predicted octanol–water partition coefficient (Wildman–Crippen LogP) is 3.01. The van der Waals surface area contributed by atoms with E-state index in [2.05, 4.69) is 4.98 Å². The van der Waals surface area contributed by atoms with Crippen molar-refractivity contribution < 1.29 is 17.9 Å². The van der Waals surface area contributed by atoms with Gasteiger partial charge in [-0.25, -0.2) is 8.42 Å². The molecule has 0 atom stereocenters. The summed E-state index contributed by atoms with van der Waals surface area (Å²) in [4.78, 5) is 19.7. The molecule has 0 spiro atoms. The van der Waals surface area contributed by atoms with Gasteiger partial charge in [0.1, 0.15) is 5.75 Å². The Labute approximate surface area is 182 Å². The SMILES string of the molecule is COc1ccc2cc(C(=O)N3CCN(S(=O)(=O)c4ccc(C)cc4)CC3)c(C)nc2c1. The molecule has 3 aromatic rings. The van der Waals surface area contributed by atoms with Gasteiger partial charge in [0.25, 0.3) is 5.91 Å². The number of carbonyl (C=O) groups is 1. The van der Waals surface area contributed by atoms with Gasteiger partial charge in [-0.05, 0) is 44.2 Å². The number of rotatable bonds is 4. The maximum absolute atomic E-state index is 13.1. The number of pyridine rings is 1. The lowest BCUT2D eigenvalue weighted by Gasteiger charge is -2.34. The number of ether oxygens (including phenoxy) is 1. The fourth-order valence-corrected chi connectivity index (χ4v) is 5.17. The Morgan fingerprint density at radius 2 is 1.65 bits per heavy atom. The smallest absolute Gasteiger partial charge is 0.255 e. The Morgan fingerprint density at radius 3 is 2.29 bits per heavy atom. The fraction of sp³-hybridized carbons (Fsp3) is 0.304. The number of piperazine rings is 1. The molecule has 2 heterocycles. The quantitative estimate of drug-likeness (QED) is 0.624. The zero-order valence-corrected chi connectivity index (χ0v) is 18.6. The molecule has 8 heteroatoms. The van der Waals surface area contributed by atoms with Crippen LogP contribution in [0.2, 0.25) is 0 Å². The van der Waals surface area contributed by atoms with Crippen LogP contribution in [0.25, 0.3) is 10.9 Å². The zero-order chi connectivity index (χ0) is 22.2. The van der Waals surface area contributed by atoms with Crippen molar-refractivity contribution in [2.45, 2.75) is 18.7 Å². The number of carbonyl (C=O) groups excluding carboxylic acids is 1. The monoisotopic (exact) mass is 439 g/mol. The molecule has 1 aromatic heterocycles. The summed E-state index contributed by atoms with van der Waals surface area (Å²) in [6.07, 6.45) is 0. The highest BCUT2D eigenvalue weighted by Gasteiger charge is 2.31. The summed E-state index contributed by atoms with van der Waals surface area (Å²) in [5.74, 6) is 0.583. The summed E-state index contributed by atoms with van der Waals surface area (Å²) in [5.41, 5.74) is 2.95. The van der Waals surface area contributed by atoms with Crippen LogP contribution in [0.1, 0.15) is 21.6 Å². The number of hydrogen-bond acceptors (Lipinski definition) is 5. The highest BCUT2D eigenvalue weighted by molar-refractivity contribution is 7.89. The number of methoxy groups -OCH3 is 1. The lowest BCUT2D eigenvalue weighted by Crippen LogP contribution is -2.50. The highest BCUT2D eigenvalue weighted by atomic mass is 32.2. The van der Waals surface area contributed by atoms with Crippen LogP contribution in [-0.4, -0.2) is 61.8 Å². The molecule has 162 valence electrons. The van der Waals surface area contributed by atoms with E-state index in [1.165, 1.54) is 4.31 Å². The molecule has 0 bridgehead atoms. The number of aryl methyl sites for hydroxylation is 2. The molecule has 1 saturated heterocycles. The van der Waals surface area contributed by atoms with Crippen molar-refractivity contribution in [3.05, 3.63) is 65.4 Å². The van der Waals surface area contributed by atoms with Gasteiger partial charge in [-0.3, -0.25) is 9.78 Å². The van der Waals surface area contributed by atoms with Crippen molar-refractivity contribution in [3.63, 3.8) is 0 Å². The molecular weight excluding hydrogens is 414 g/mol. The maximum atomic E-state index is 13.1. The van der Waals surface area contributed by atoms with Crippen molar-refractivity contribution in [1.29, 1.82) is 0 Å². The van der Waals surface area contributed by atoms with E-state index in [-0.39, 0.29) is 23.9 Å². The lowest BCUT2D eigenvalue weighted by molar-refractivity contribution is 0.0697. The van der Waals surface area contributed by atoms with Crippen LogP contribution in [0.3, 0.4) is 0 Å². The molecule has 0 radical (unpaired) electrons. The predicted molar refractivity (Wildman–Crippen MR) is 119 cm³/mol. The molecule has 1 fully saturated rings. The lowest BCUT2D eigenvalue weighted by atomic mass is 10.1. The number of fused-ring (bicyclic) bond motifs is 1. The Balaban J connectivity index is 1.50. The molecule has 2 aromatic carbocycles. The molecule has 0 aliphatic carbocycles. The van der Waals surface area contributed by atoms with E-state index in [9.17, 15) is 13.2 Å². The first kappa shape index (κ1) is 21.3. The second kappa shape index (κ2) is 8.28. The Morgan fingerprint density at radius 1 is 0.968 bits per heavy atom. The third-order valence-electron chi connectivity index (χ3n) is 5.63. The standard InChI is InChI=1S/C23H25N3O4S/c1-16-4-8-20(9-5-16)31(28,29)26-12-10-25(11-13-26)23(27)21-14-18-6-7-19(30-3)15-22(18)24-17(21)2/h4-9,14-15H,10-13H2,1-3H3. The van der Waals surface area contributed by atoms with E-state index < -0.39 is 10.0 Å². The van der Waals surface area contributed by atoms with Gasteiger partial charge in [-0.1, -0.05) is 17.7 Å². The molecule has 1 aliphatic rings. The van der Waals surface area contributed by atoms with Crippen LogP contribution >= 0.6 is 0 Å². The van der Waals surface area contributed by atoms with Crippen molar-refractivity contribution >= 4 is 26.8 Å². The van der Waals surface area contributed by atoms with Gasteiger partial charge in [0, 0.05) is 37.6 Å². The van der Waals surface area contributed by atoms with Crippen LogP contribution in [0.4, 0.5) is 0 Å². The van der Waals surface area contributed by atoms with E-state index >= 15 is 0 Å². The van der Waals surface area contributed by atoms with Gasteiger partial charge in [0.2, 0.25) is 10.0 Å². The Bertz CT molecular complexity index is 1230. The molecule has 0 saturated carbocycles. The number of nitrogens with zero attached hydrogens (tertiary/aromatic N) is 3. The van der Waals surface area contributed by atoms with Gasteiger partial charge >= 0.3 is 0 Å². The van der Waals surface area contributed by atoms with Crippen molar-refractivity contribution in [2.24, 2.45) is 0 Å². The fourth-order valence-electron chi connectivity index (χ4n) is 3.75. The average Bonchev–Trinajstić information content (AvgIpc) is 2.78. The minimum absolute atomic E-state index is 0.130. The summed E-state index contributed by atoms with van der Waals surface area (Å²) in [6.45, 7) is 4.93. The third kappa shape index (κ3) is 4.13. The summed E-state index contributed by atoms with van der Waals surface area (Å²) in [6, 6.07) is 14.2. The zero-order valence-electron chi connectivity index (χ0n) is 17.8. The van der Waals surface area contributed by atoms with Gasteiger partial charge in [0.05, 0.1) is 28.8 Å². The largest absolute Gasteiger partial charge is 0.497 e. The molecule has 31 heavy (non-hydrogen) atoms. The second-order valence-corrected chi connectivity index (χ2v) is 9.63. The number of sulfonamides is 1. The molecule has 1 amide bonds. The van der Waals surface area contributed by atoms with Crippen LogP contribution in [-0.2, 0) is 10.0 Å². The van der Waals surface area contributed by atoms with Crippen LogP contribution in [0.15, 0.2) is 53.4 Å². The molecule has 4 rings (SSSR count). The Hall–Kier alpha value is -2.97. The number of hydrogen-bond donors (Lipinski definition) is 0. The number of amides is 1. The number of benzene rings is 2. The van der Waals surface area contributed by atoms with Crippen LogP contribution in [0.5, 0.6) is 5.75 Å². The highest BCUT2D eigenvalue weighted by Crippen LogP contribution is 2.24. The minimum Gasteiger partial charge on any atom is -0.497 e. The molecule has 1 aliphatic heterocycles. The molecule has 0 N–H and O–H groups in total. The Kier molecular flexibility index (Phi) is 5.68. The molecule has 0 unspecified atom stereocenters. The minimum atomic E-state index is -3.57. The maximum Gasteiger partial charge on any atom is 0.255 e. The second-order valence-electron chi connectivity index (χ2n) is 7.69. The normalized spacial score (nSPS) is 15.3. The third-order valence-corrected chi connectivity index (χ3v) is 7.54. The van der Waals surface area contributed by atoms with Crippen LogP contribution in [0, 0.1) is 13.8 Å².